The van der Waals surface area contributed by atoms with Gasteiger partial charge in [-0.1, -0.05) is 35.3 Å². The van der Waals surface area contributed by atoms with Gasteiger partial charge in [-0.3, -0.25) is 4.90 Å². The van der Waals surface area contributed by atoms with Crippen molar-refractivity contribution in [2.75, 3.05) is 13.3 Å². The average Bonchev–Trinajstić information content (AvgIpc) is 2.46. The molecule has 1 atom stereocenters. The van der Waals surface area contributed by atoms with Crippen molar-refractivity contribution in [2.45, 2.75) is 26.8 Å². The lowest BCUT2D eigenvalue weighted by molar-refractivity contribution is -0.932. The summed E-state index contributed by atoms with van der Waals surface area (Å²) >= 11 is 12.2. The van der Waals surface area contributed by atoms with E-state index in [0.29, 0.717) is 11.8 Å². The van der Waals surface area contributed by atoms with Gasteiger partial charge in [0.15, 0.2) is 0 Å². The van der Waals surface area contributed by atoms with Crippen LogP contribution in [0.3, 0.4) is 0 Å². The van der Waals surface area contributed by atoms with E-state index in [9.17, 15) is 0 Å². The number of rotatable bonds is 3. The van der Waals surface area contributed by atoms with E-state index in [1.165, 1.54) is 21.6 Å². The maximum Gasteiger partial charge on any atom is 0.222 e. The molecule has 0 spiro atoms. The fourth-order valence-corrected chi connectivity index (χ4v) is 3.49. The van der Waals surface area contributed by atoms with Gasteiger partial charge in [0.25, 0.3) is 0 Å². The third kappa shape index (κ3) is 3.40. The van der Waals surface area contributed by atoms with Crippen LogP contribution in [0.25, 0.3) is 0 Å². The highest BCUT2D eigenvalue weighted by Crippen LogP contribution is 2.25. The van der Waals surface area contributed by atoms with Crippen molar-refractivity contribution >= 4 is 23.2 Å². The highest BCUT2D eigenvalue weighted by Gasteiger charge is 2.22. The molecule has 4 heteroatoms. The molecule has 3 rings (SSSR count). The highest BCUT2D eigenvalue weighted by atomic mass is 35.5. The number of ether oxygens (including phenoxy) is 1. The summed E-state index contributed by atoms with van der Waals surface area (Å²) < 4.78 is 5.94. The molecule has 1 N–H and O–H groups in total. The fourth-order valence-electron chi connectivity index (χ4n) is 2.99. The zero-order chi connectivity index (χ0) is 15.7. The molecule has 0 saturated heterocycles. The first kappa shape index (κ1) is 15.7. The lowest BCUT2D eigenvalue weighted by Crippen LogP contribution is -3.12. The topological polar surface area (TPSA) is 13.7 Å². The summed E-state index contributed by atoms with van der Waals surface area (Å²) in [5.41, 5.74) is 5.04. The molecule has 1 heterocycles. The molecule has 0 amide bonds. The highest BCUT2D eigenvalue weighted by molar-refractivity contribution is 6.35. The Balaban J connectivity index is 1.68. The van der Waals surface area contributed by atoms with Gasteiger partial charge in [0.2, 0.25) is 6.73 Å². The molecule has 0 radical (unpaired) electrons. The van der Waals surface area contributed by atoms with Gasteiger partial charge in [-0.15, -0.1) is 0 Å². The van der Waals surface area contributed by atoms with E-state index in [2.05, 4.69) is 26.0 Å². The molecule has 1 aliphatic heterocycles. The van der Waals surface area contributed by atoms with E-state index in [-0.39, 0.29) is 0 Å². The first-order valence-electron chi connectivity index (χ1n) is 7.53. The molecule has 0 fully saturated rings. The number of hydrogen-bond donors (Lipinski definition) is 1. The van der Waals surface area contributed by atoms with Crippen LogP contribution in [0.2, 0.25) is 10.0 Å². The number of benzene rings is 2. The van der Waals surface area contributed by atoms with Crippen molar-refractivity contribution in [3.05, 3.63) is 62.6 Å². The number of aryl methyl sites for hydroxylation is 2. The van der Waals surface area contributed by atoms with Crippen LogP contribution >= 0.6 is 23.2 Å². The molecular formula is C18H20Cl2NO+. The van der Waals surface area contributed by atoms with Crippen molar-refractivity contribution in [3.8, 4) is 5.75 Å². The Hall–Kier alpha value is -1.22. The van der Waals surface area contributed by atoms with Crippen LogP contribution < -0.4 is 9.64 Å². The van der Waals surface area contributed by atoms with Crippen molar-refractivity contribution in [3.63, 3.8) is 0 Å². The summed E-state index contributed by atoms with van der Waals surface area (Å²) in [6, 6.07) is 10.1. The predicted octanol–water partition coefficient (Wildman–Crippen LogP) is 3.59. The molecule has 0 aromatic heterocycles. The maximum absolute atomic E-state index is 6.25. The van der Waals surface area contributed by atoms with Crippen molar-refractivity contribution in [1.82, 2.24) is 0 Å². The van der Waals surface area contributed by atoms with Crippen LogP contribution in [0.5, 0.6) is 5.75 Å². The van der Waals surface area contributed by atoms with Gasteiger partial charge in [-0.25, -0.2) is 0 Å². The number of halogens is 2. The monoisotopic (exact) mass is 336 g/mol. The van der Waals surface area contributed by atoms with Crippen LogP contribution in [-0.2, 0) is 13.0 Å². The number of quaternary nitrogens is 1. The Morgan fingerprint density at radius 1 is 1.14 bits per heavy atom. The minimum atomic E-state index is 0.683. The lowest BCUT2D eigenvalue weighted by Gasteiger charge is -2.27. The predicted molar refractivity (Wildman–Crippen MR) is 91.1 cm³/mol. The Labute approximate surface area is 141 Å². The van der Waals surface area contributed by atoms with E-state index in [0.717, 1.165) is 35.8 Å². The standard InChI is InChI=1S/C18H19Cl2NO/c1-12-7-13(2)16-10-21(11-22-18(16)8-12)6-5-14-3-4-15(19)9-17(14)20/h3-4,7-9H,5-6,10-11H2,1-2H3/p+1. The minimum absolute atomic E-state index is 0.683. The molecule has 0 aliphatic carbocycles. The minimum Gasteiger partial charge on any atom is -0.445 e. The second-order valence-electron chi connectivity index (χ2n) is 6.01. The van der Waals surface area contributed by atoms with Crippen LogP contribution in [0.4, 0.5) is 0 Å². The molecule has 2 aromatic carbocycles. The zero-order valence-electron chi connectivity index (χ0n) is 12.9. The molecule has 0 bridgehead atoms. The van der Waals surface area contributed by atoms with Crippen molar-refractivity contribution in [1.29, 1.82) is 0 Å². The quantitative estimate of drug-likeness (QED) is 0.904. The first-order valence-corrected chi connectivity index (χ1v) is 8.29. The summed E-state index contributed by atoms with van der Waals surface area (Å²) in [6.45, 7) is 6.98. The smallest absolute Gasteiger partial charge is 0.222 e. The number of hydrogen-bond acceptors (Lipinski definition) is 1. The molecule has 22 heavy (non-hydrogen) atoms. The summed E-state index contributed by atoms with van der Waals surface area (Å²) in [7, 11) is 0. The Kier molecular flexibility index (Phi) is 4.62. The van der Waals surface area contributed by atoms with Crippen LogP contribution in [0.1, 0.15) is 22.3 Å². The first-order chi connectivity index (χ1) is 10.5. The summed E-state index contributed by atoms with van der Waals surface area (Å²) in [4.78, 5) is 1.42. The number of nitrogens with one attached hydrogen (secondary N) is 1. The van der Waals surface area contributed by atoms with Crippen LogP contribution in [0.15, 0.2) is 30.3 Å². The van der Waals surface area contributed by atoms with Gasteiger partial charge >= 0.3 is 0 Å². The lowest BCUT2D eigenvalue weighted by atomic mass is 10.0. The molecule has 0 saturated carbocycles. The number of fused-ring (bicyclic) bond motifs is 1. The fraction of sp³-hybridized carbons (Fsp3) is 0.333. The Bertz CT molecular complexity index is 700. The molecule has 2 aromatic rings. The second kappa shape index (κ2) is 6.49. The van der Waals surface area contributed by atoms with Crippen molar-refractivity contribution in [2.24, 2.45) is 0 Å². The van der Waals surface area contributed by atoms with Gasteiger partial charge in [-0.2, -0.15) is 0 Å². The summed E-state index contributed by atoms with van der Waals surface area (Å²) in [6.07, 6.45) is 0.926. The largest absolute Gasteiger partial charge is 0.445 e. The third-order valence-electron chi connectivity index (χ3n) is 4.20. The van der Waals surface area contributed by atoms with E-state index < -0.39 is 0 Å². The van der Waals surface area contributed by atoms with Crippen molar-refractivity contribution < 1.29 is 9.64 Å². The SMILES string of the molecule is Cc1cc(C)c2c(c1)OC[NH+](CCc1ccc(Cl)cc1Cl)C2. The molecule has 2 nitrogen and oxygen atoms in total. The molecule has 116 valence electrons. The van der Waals surface area contributed by atoms with Gasteiger partial charge in [0.1, 0.15) is 12.3 Å². The summed E-state index contributed by atoms with van der Waals surface area (Å²) in [5, 5.41) is 1.43. The third-order valence-corrected chi connectivity index (χ3v) is 4.78. The van der Waals surface area contributed by atoms with E-state index in [1.54, 1.807) is 0 Å². The van der Waals surface area contributed by atoms with Gasteiger partial charge < -0.3 is 4.74 Å². The Morgan fingerprint density at radius 3 is 2.73 bits per heavy atom. The Morgan fingerprint density at radius 2 is 1.95 bits per heavy atom. The van der Waals surface area contributed by atoms with Gasteiger partial charge in [-0.05, 0) is 48.7 Å². The zero-order valence-corrected chi connectivity index (χ0v) is 14.4. The molecular weight excluding hydrogens is 317 g/mol. The molecule has 1 unspecified atom stereocenters. The second-order valence-corrected chi connectivity index (χ2v) is 6.85. The normalized spacial score (nSPS) is 17.0. The van der Waals surface area contributed by atoms with E-state index in [1.807, 2.05) is 18.2 Å². The van der Waals surface area contributed by atoms with Gasteiger partial charge in [0.05, 0.1) is 12.1 Å². The van der Waals surface area contributed by atoms with Crippen LogP contribution in [-0.4, -0.2) is 13.3 Å². The average molecular weight is 337 g/mol. The molecule has 1 aliphatic rings. The van der Waals surface area contributed by atoms with Gasteiger partial charge in [0, 0.05) is 16.5 Å². The van der Waals surface area contributed by atoms with E-state index >= 15 is 0 Å². The van der Waals surface area contributed by atoms with E-state index in [4.69, 9.17) is 27.9 Å². The van der Waals surface area contributed by atoms with Crippen LogP contribution in [0, 0.1) is 13.8 Å². The maximum atomic E-state index is 6.25. The summed E-state index contributed by atoms with van der Waals surface area (Å²) in [5.74, 6) is 1.05.